The van der Waals surface area contributed by atoms with E-state index in [4.69, 9.17) is 5.84 Å². The molecule has 0 aliphatic rings. The number of nitro benzene ring substituents is 1. The number of hydrogen-bond donors (Lipinski definition) is 2. The molecule has 3 N–H and O–H groups in total. The molecule has 0 unspecified atom stereocenters. The molecule has 0 atom stereocenters. The van der Waals surface area contributed by atoms with Gasteiger partial charge >= 0.3 is 0 Å². The van der Waals surface area contributed by atoms with Crippen molar-refractivity contribution in [2.24, 2.45) is 0 Å². The monoisotopic (exact) mass is 296 g/mol. The highest BCUT2D eigenvalue weighted by atomic mass is 16.6. The minimum Gasteiger partial charge on any atom is -0.334 e. The number of aromatic nitrogens is 3. The predicted molar refractivity (Wildman–Crippen MR) is 82.0 cm³/mol. The van der Waals surface area contributed by atoms with Crippen LogP contribution in [0.1, 0.15) is 0 Å². The largest absolute Gasteiger partial charge is 0.334 e. The van der Waals surface area contributed by atoms with Gasteiger partial charge in [0.05, 0.1) is 4.92 Å². The molecule has 0 amide bonds. The average molecular weight is 296 g/mol. The smallest absolute Gasteiger partial charge is 0.269 e. The van der Waals surface area contributed by atoms with Gasteiger partial charge in [-0.05, 0) is 12.1 Å². The van der Waals surface area contributed by atoms with Crippen LogP contribution in [0.5, 0.6) is 0 Å². The highest BCUT2D eigenvalue weighted by molar-refractivity contribution is 5.61. The van der Waals surface area contributed by atoms with Gasteiger partial charge in [0, 0.05) is 23.4 Å². The van der Waals surface area contributed by atoms with Crippen LogP contribution in [0.15, 0.2) is 54.6 Å². The standard InChI is InChI=1S/C14H12N6O2/c15-19-13(10-4-2-1-3-5-10)17-18-14(19)16-11-6-8-12(9-7-11)20(21)22/h1-9H,15H2,(H,16,18). The van der Waals surface area contributed by atoms with Gasteiger partial charge < -0.3 is 11.2 Å². The fraction of sp³-hybridized carbons (Fsp3) is 0. The van der Waals surface area contributed by atoms with E-state index < -0.39 is 4.92 Å². The molecule has 0 fully saturated rings. The summed E-state index contributed by atoms with van der Waals surface area (Å²) in [6.45, 7) is 0. The first kappa shape index (κ1) is 13.6. The number of benzene rings is 2. The zero-order chi connectivity index (χ0) is 15.5. The summed E-state index contributed by atoms with van der Waals surface area (Å²) in [6, 6.07) is 15.4. The van der Waals surface area contributed by atoms with Crippen LogP contribution in [-0.2, 0) is 0 Å². The fourth-order valence-corrected chi connectivity index (χ4v) is 1.96. The summed E-state index contributed by atoms with van der Waals surface area (Å²) in [4.78, 5) is 10.2. The van der Waals surface area contributed by atoms with E-state index in [-0.39, 0.29) is 5.69 Å². The first-order valence-electron chi connectivity index (χ1n) is 6.42. The first-order valence-corrected chi connectivity index (χ1v) is 6.42. The van der Waals surface area contributed by atoms with Crippen molar-refractivity contribution in [2.45, 2.75) is 0 Å². The second-order valence-electron chi connectivity index (χ2n) is 4.51. The lowest BCUT2D eigenvalue weighted by atomic mass is 10.2. The predicted octanol–water partition coefficient (Wildman–Crippen LogP) is 2.31. The molecule has 1 heterocycles. The SMILES string of the molecule is Nn1c(Nc2ccc([N+](=O)[O-])cc2)nnc1-c1ccccc1. The van der Waals surface area contributed by atoms with Crippen molar-refractivity contribution < 1.29 is 4.92 Å². The molecule has 1 aromatic heterocycles. The quantitative estimate of drug-likeness (QED) is 0.434. The maximum Gasteiger partial charge on any atom is 0.269 e. The zero-order valence-electron chi connectivity index (χ0n) is 11.4. The van der Waals surface area contributed by atoms with E-state index in [0.717, 1.165) is 5.56 Å². The summed E-state index contributed by atoms with van der Waals surface area (Å²) in [6.07, 6.45) is 0. The highest BCUT2D eigenvalue weighted by Crippen LogP contribution is 2.21. The molecule has 0 bridgehead atoms. The summed E-state index contributed by atoms with van der Waals surface area (Å²) in [7, 11) is 0. The Hall–Kier alpha value is -3.42. The first-order chi connectivity index (χ1) is 10.6. The number of nitrogens with one attached hydrogen (secondary N) is 1. The third-order valence-electron chi connectivity index (χ3n) is 3.06. The van der Waals surface area contributed by atoms with Crippen LogP contribution in [0, 0.1) is 10.1 Å². The Morgan fingerprint density at radius 3 is 2.36 bits per heavy atom. The molecule has 0 saturated heterocycles. The van der Waals surface area contributed by atoms with E-state index in [2.05, 4.69) is 15.5 Å². The Bertz CT molecular complexity index is 798. The maximum absolute atomic E-state index is 10.6. The molecule has 0 radical (unpaired) electrons. The minimum absolute atomic E-state index is 0.0183. The lowest BCUT2D eigenvalue weighted by molar-refractivity contribution is -0.384. The molecule has 8 nitrogen and oxygen atoms in total. The van der Waals surface area contributed by atoms with E-state index in [1.165, 1.54) is 16.8 Å². The van der Waals surface area contributed by atoms with Crippen molar-refractivity contribution >= 4 is 17.3 Å². The summed E-state index contributed by atoms with van der Waals surface area (Å²) < 4.78 is 1.33. The Morgan fingerprint density at radius 2 is 1.73 bits per heavy atom. The molecule has 3 aromatic rings. The Morgan fingerprint density at radius 1 is 1.05 bits per heavy atom. The van der Waals surface area contributed by atoms with Crippen LogP contribution in [0.3, 0.4) is 0 Å². The molecule has 0 aliphatic heterocycles. The molecular formula is C14H12N6O2. The summed E-state index contributed by atoms with van der Waals surface area (Å²) in [5.41, 5.74) is 1.49. The van der Waals surface area contributed by atoms with Gasteiger partial charge in [0.2, 0.25) is 5.95 Å². The van der Waals surface area contributed by atoms with Crippen molar-refractivity contribution in [2.75, 3.05) is 11.2 Å². The third-order valence-corrected chi connectivity index (χ3v) is 3.06. The Balaban J connectivity index is 1.85. The van der Waals surface area contributed by atoms with E-state index in [1.807, 2.05) is 30.3 Å². The van der Waals surface area contributed by atoms with Gasteiger partial charge in [-0.2, -0.15) is 0 Å². The van der Waals surface area contributed by atoms with Crippen molar-refractivity contribution in [3.63, 3.8) is 0 Å². The number of nitro groups is 1. The third kappa shape index (κ3) is 2.57. The van der Waals surface area contributed by atoms with Gasteiger partial charge in [-0.15, -0.1) is 10.2 Å². The van der Waals surface area contributed by atoms with Gasteiger partial charge in [-0.3, -0.25) is 10.1 Å². The van der Waals surface area contributed by atoms with Crippen LogP contribution in [-0.4, -0.2) is 19.8 Å². The Kier molecular flexibility index (Phi) is 3.40. The van der Waals surface area contributed by atoms with Gasteiger partial charge in [0.25, 0.3) is 5.69 Å². The minimum atomic E-state index is -0.456. The molecular weight excluding hydrogens is 284 g/mol. The zero-order valence-corrected chi connectivity index (χ0v) is 11.4. The molecule has 110 valence electrons. The summed E-state index contributed by atoms with van der Waals surface area (Å²) >= 11 is 0. The van der Waals surface area contributed by atoms with E-state index >= 15 is 0 Å². The van der Waals surface area contributed by atoms with Crippen molar-refractivity contribution in [1.29, 1.82) is 0 Å². The Labute approximate surface area is 125 Å². The van der Waals surface area contributed by atoms with Crippen LogP contribution in [0.2, 0.25) is 0 Å². The van der Waals surface area contributed by atoms with Gasteiger partial charge in [-0.1, -0.05) is 30.3 Å². The van der Waals surface area contributed by atoms with Crippen LogP contribution >= 0.6 is 0 Å². The van der Waals surface area contributed by atoms with Gasteiger partial charge in [0.15, 0.2) is 5.82 Å². The lowest BCUT2D eigenvalue weighted by Gasteiger charge is -2.06. The van der Waals surface area contributed by atoms with E-state index in [1.54, 1.807) is 12.1 Å². The number of nitrogens with two attached hydrogens (primary N) is 1. The van der Waals surface area contributed by atoms with Crippen LogP contribution in [0.25, 0.3) is 11.4 Å². The molecule has 0 saturated carbocycles. The number of non-ortho nitro benzene ring substituents is 1. The van der Waals surface area contributed by atoms with Crippen molar-refractivity contribution in [3.8, 4) is 11.4 Å². The van der Waals surface area contributed by atoms with Crippen molar-refractivity contribution in [3.05, 3.63) is 64.7 Å². The average Bonchev–Trinajstić information content (AvgIpc) is 2.90. The fourth-order valence-electron chi connectivity index (χ4n) is 1.96. The van der Waals surface area contributed by atoms with Crippen LogP contribution < -0.4 is 11.2 Å². The molecule has 22 heavy (non-hydrogen) atoms. The van der Waals surface area contributed by atoms with Gasteiger partial charge in [0.1, 0.15) is 0 Å². The molecule has 3 rings (SSSR count). The van der Waals surface area contributed by atoms with Gasteiger partial charge in [-0.25, -0.2) is 4.68 Å². The number of nitrogen functional groups attached to an aromatic ring is 1. The second-order valence-corrected chi connectivity index (χ2v) is 4.51. The van der Waals surface area contributed by atoms with E-state index in [0.29, 0.717) is 17.5 Å². The summed E-state index contributed by atoms with van der Waals surface area (Å²) in [5, 5.41) is 21.6. The van der Waals surface area contributed by atoms with Crippen LogP contribution in [0.4, 0.5) is 17.3 Å². The van der Waals surface area contributed by atoms with E-state index in [9.17, 15) is 10.1 Å². The highest BCUT2D eigenvalue weighted by Gasteiger charge is 2.12. The number of nitrogens with zero attached hydrogens (tertiary/aromatic N) is 4. The summed E-state index contributed by atoms with van der Waals surface area (Å²) in [5.74, 6) is 6.84. The topological polar surface area (TPSA) is 112 Å². The normalized spacial score (nSPS) is 10.4. The molecule has 0 spiro atoms. The molecule has 0 aliphatic carbocycles. The maximum atomic E-state index is 10.6. The lowest BCUT2D eigenvalue weighted by Crippen LogP contribution is -2.13. The molecule has 8 heteroatoms. The second kappa shape index (κ2) is 5.52. The number of anilines is 2. The van der Waals surface area contributed by atoms with Crippen molar-refractivity contribution in [1.82, 2.24) is 14.9 Å². The molecule has 2 aromatic carbocycles. The number of hydrogen-bond acceptors (Lipinski definition) is 6. The number of rotatable bonds is 4.